The van der Waals surface area contributed by atoms with Crippen LogP contribution in [0.1, 0.15) is 12.6 Å². The van der Waals surface area contributed by atoms with Gasteiger partial charge in [-0.3, -0.25) is 4.79 Å². The molecule has 1 aliphatic rings. The highest BCUT2D eigenvalue weighted by Gasteiger charge is 2.10. The number of carbonyl (C=O) groups excluding carboxylic acids is 1. The van der Waals surface area contributed by atoms with E-state index in [0.29, 0.717) is 12.4 Å². The minimum absolute atomic E-state index is 0.201. The minimum atomic E-state index is -0.298. The van der Waals surface area contributed by atoms with Gasteiger partial charge in [0.05, 0.1) is 11.9 Å². The summed E-state index contributed by atoms with van der Waals surface area (Å²) in [6, 6.07) is 3.93. The van der Waals surface area contributed by atoms with E-state index >= 15 is 0 Å². The van der Waals surface area contributed by atoms with E-state index in [4.69, 9.17) is 9.47 Å². The van der Waals surface area contributed by atoms with Crippen molar-refractivity contribution in [1.82, 2.24) is 4.57 Å². The number of ether oxygens (including phenoxy) is 2. The lowest BCUT2D eigenvalue weighted by atomic mass is 10.4. The predicted molar refractivity (Wildman–Crippen MR) is 50.1 cm³/mol. The van der Waals surface area contributed by atoms with Gasteiger partial charge in [-0.05, 0) is 12.1 Å². The maximum absolute atomic E-state index is 10.6. The van der Waals surface area contributed by atoms with Crippen LogP contribution in [0.3, 0.4) is 0 Å². The molecule has 4 nitrogen and oxygen atoms in total. The van der Waals surface area contributed by atoms with E-state index in [2.05, 4.69) is 0 Å². The van der Waals surface area contributed by atoms with Crippen molar-refractivity contribution in [2.45, 2.75) is 13.5 Å². The second-order valence-corrected chi connectivity index (χ2v) is 3.07. The summed E-state index contributed by atoms with van der Waals surface area (Å²) >= 11 is 0. The van der Waals surface area contributed by atoms with Crippen LogP contribution in [0.4, 0.5) is 0 Å². The fraction of sp³-hybridized carbons (Fsp3) is 0.300. The van der Waals surface area contributed by atoms with Crippen LogP contribution in [-0.4, -0.2) is 17.1 Å². The van der Waals surface area contributed by atoms with Gasteiger partial charge in [-0.15, -0.1) is 0 Å². The smallest absolute Gasteiger partial charge is 0.303 e. The topological polar surface area (TPSA) is 40.5 Å². The molecule has 1 aromatic rings. The second kappa shape index (κ2) is 3.57. The molecule has 4 heteroatoms. The highest BCUT2D eigenvalue weighted by molar-refractivity contribution is 5.66. The first-order chi connectivity index (χ1) is 6.75. The largest absolute Gasteiger partial charge is 0.487 e. The van der Waals surface area contributed by atoms with E-state index in [1.807, 2.05) is 29.1 Å². The normalized spacial score (nSPS) is 13.9. The van der Waals surface area contributed by atoms with Gasteiger partial charge in [-0.25, -0.2) is 0 Å². The molecule has 0 bridgehead atoms. The molecule has 0 saturated heterocycles. The Bertz CT molecular complexity index is 378. The summed E-state index contributed by atoms with van der Waals surface area (Å²) in [5.41, 5.74) is 1.09. The highest BCUT2D eigenvalue weighted by Crippen LogP contribution is 2.15. The first-order valence-corrected chi connectivity index (χ1v) is 4.38. The lowest BCUT2D eigenvalue weighted by Gasteiger charge is -2.16. The Balaban J connectivity index is 2.06. The first kappa shape index (κ1) is 8.87. The van der Waals surface area contributed by atoms with Crippen molar-refractivity contribution in [2.24, 2.45) is 0 Å². The average molecular weight is 193 g/mol. The third-order valence-electron chi connectivity index (χ3n) is 1.97. The van der Waals surface area contributed by atoms with Gasteiger partial charge < -0.3 is 14.0 Å². The van der Waals surface area contributed by atoms with Crippen LogP contribution in [0, 0.1) is 0 Å². The van der Waals surface area contributed by atoms with Crippen LogP contribution >= 0.6 is 0 Å². The monoisotopic (exact) mass is 193 g/mol. The molecule has 0 spiro atoms. The van der Waals surface area contributed by atoms with Crippen molar-refractivity contribution in [3.63, 3.8) is 0 Å². The number of fused-ring (bicyclic) bond motifs is 1. The van der Waals surface area contributed by atoms with Crippen LogP contribution < -0.4 is 0 Å². The number of aromatic nitrogens is 1. The fourth-order valence-electron chi connectivity index (χ4n) is 1.29. The molecule has 0 aliphatic carbocycles. The summed E-state index contributed by atoms with van der Waals surface area (Å²) in [7, 11) is 0. The van der Waals surface area contributed by atoms with Gasteiger partial charge in [-0.1, -0.05) is 0 Å². The fourth-order valence-corrected chi connectivity index (χ4v) is 1.29. The van der Waals surface area contributed by atoms with E-state index in [1.54, 1.807) is 0 Å². The molecule has 1 aromatic heterocycles. The van der Waals surface area contributed by atoms with E-state index < -0.39 is 0 Å². The van der Waals surface area contributed by atoms with Crippen LogP contribution in [0.2, 0.25) is 0 Å². The third kappa shape index (κ3) is 1.79. The molecule has 0 amide bonds. The van der Waals surface area contributed by atoms with Gasteiger partial charge in [0.25, 0.3) is 0 Å². The molecule has 0 saturated carbocycles. The first-order valence-electron chi connectivity index (χ1n) is 4.38. The van der Waals surface area contributed by atoms with E-state index in [0.717, 1.165) is 5.69 Å². The van der Waals surface area contributed by atoms with Crippen molar-refractivity contribution in [2.75, 3.05) is 6.61 Å². The Hall–Kier alpha value is -1.71. The molecule has 14 heavy (non-hydrogen) atoms. The van der Waals surface area contributed by atoms with Crippen molar-refractivity contribution in [3.05, 3.63) is 29.8 Å². The van der Waals surface area contributed by atoms with Crippen LogP contribution in [-0.2, 0) is 20.9 Å². The number of carbonyl (C=O) groups is 1. The van der Waals surface area contributed by atoms with Crippen molar-refractivity contribution >= 4 is 12.2 Å². The summed E-state index contributed by atoms with van der Waals surface area (Å²) in [6.45, 7) is 2.11. The number of hydrogen-bond donors (Lipinski definition) is 0. The van der Waals surface area contributed by atoms with Gasteiger partial charge in [0.1, 0.15) is 13.2 Å². The second-order valence-electron chi connectivity index (χ2n) is 3.07. The van der Waals surface area contributed by atoms with E-state index in [1.165, 1.54) is 6.92 Å². The zero-order valence-corrected chi connectivity index (χ0v) is 7.90. The number of rotatable bonds is 2. The number of esters is 1. The highest BCUT2D eigenvalue weighted by atomic mass is 16.6. The van der Waals surface area contributed by atoms with Gasteiger partial charge in [-0.2, -0.15) is 0 Å². The molecule has 1 aliphatic heterocycles. The lowest BCUT2D eigenvalue weighted by Crippen LogP contribution is -2.12. The standard InChI is InChI=1S/C10H11NO3/c1-8(12)13-7-10-5-11-4-2-3-9(11)6-14-10/h2-5H,6-7H2,1H3. The molecule has 74 valence electrons. The third-order valence-corrected chi connectivity index (χ3v) is 1.97. The van der Waals surface area contributed by atoms with Crippen molar-refractivity contribution < 1.29 is 14.3 Å². The molecular weight excluding hydrogens is 182 g/mol. The van der Waals surface area contributed by atoms with Crippen molar-refractivity contribution in [1.29, 1.82) is 0 Å². The van der Waals surface area contributed by atoms with Crippen LogP contribution in [0.25, 0.3) is 6.20 Å². The Labute approximate surface area is 81.7 Å². The lowest BCUT2D eigenvalue weighted by molar-refractivity contribution is -0.141. The molecule has 0 N–H and O–H groups in total. The van der Waals surface area contributed by atoms with Gasteiger partial charge >= 0.3 is 5.97 Å². The van der Waals surface area contributed by atoms with E-state index in [9.17, 15) is 4.79 Å². The Kier molecular flexibility index (Phi) is 2.26. The predicted octanol–water partition coefficient (Wildman–Crippen LogP) is 1.38. The van der Waals surface area contributed by atoms with Gasteiger partial charge in [0.2, 0.25) is 0 Å². The molecule has 0 aromatic carbocycles. The van der Waals surface area contributed by atoms with Crippen LogP contribution in [0.15, 0.2) is 24.1 Å². The molecule has 0 unspecified atom stereocenters. The minimum Gasteiger partial charge on any atom is -0.487 e. The summed E-state index contributed by atoms with van der Waals surface area (Å²) in [5, 5.41) is 0. The number of hydrogen-bond acceptors (Lipinski definition) is 3. The summed E-state index contributed by atoms with van der Waals surface area (Å²) in [6.07, 6.45) is 3.76. The Morgan fingerprint density at radius 2 is 2.57 bits per heavy atom. The zero-order chi connectivity index (χ0) is 9.97. The SMILES string of the molecule is CC(=O)OCC1=Cn2cccc2CO1. The quantitative estimate of drug-likeness (QED) is 0.666. The Morgan fingerprint density at radius 1 is 1.71 bits per heavy atom. The maximum atomic E-state index is 10.6. The summed E-state index contributed by atoms with van der Waals surface area (Å²) in [4.78, 5) is 10.6. The van der Waals surface area contributed by atoms with Crippen LogP contribution in [0.5, 0.6) is 0 Å². The maximum Gasteiger partial charge on any atom is 0.303 e. The summed E-state index contributed by atoms with van der Waals surface area (Å²) in [5.74, 6) is 0.372. The Morgan fingerprint density at radius 3 is 3.36 bits per heavy atom. The zero-order valence-electron chi connectivity index (χ0n) is 7.90. The molecule has 0 fully saturated rings. The van der Waals surface area contributed by atoms with Gasteiger partial charge in [0, 0.05) is 13.1 Å². The van der Waals surface area contributed by atoms with Gasteiger partial charge in [0.15, 0.2) is 5.76 Å². The number of nitrogens with zero attached hydrogens (tertiary/aromatic N) is 1. The van der Waals surface area contributed by atoms with E-state index in [-0.39, 0.29) is 12.6 Å². The molecule has 2 heterocycles. The molecule has 0 radical (unpaired) electrons. The molecule has 2 rings (SSSR count). The summed E-state index contributed by atoms with van der Waals surface area (Å²) < 4.78 is 12.2. The average Bonchev–Trinajstić information content (AvgIpc) is 2.61. The molecular formula is C10H11NO3. The molecule has 0 atom stereocenters. The van der Waals surface area contributed by atoms with Crippen molar-refractivity contribution in [3.8, 4) is 0 Å².